The molecule has 92 valence electrons. The van der Waals surface area contributed by atoms with Gasteiger partial charge in [0, 0.05) is 28.7 Å². The number of halogens is 1. The normalized spacial score (nSPS) is 13.2. The van der Waals surface area contributed by atoms with Crippen LogP contribution in [0.25, 0.3) is 10.9 Å². The van der Waals surface area contributed by atoms with Crippen LogP contribution in [0.15, 0.2) is 24.4 Å². The minimum absolute atomic E-state index is 0.266. The van der Waals surface area contributed by atoms with Gasteiger partial charge in [-0.25, -0.2) is 0 Å². The Labute approximate surface area is 104 Å². The highest BCUT2D eigenvalue weighted by molar-refractivity contribution is 6.31. The van der Waals surface area contributed by atoms with Gasteiger partial charge in [0.25, 0.3) is 0 Å². The molecule has 0 radical (unpaired) electrons. The molecule has 1 aromatic carbocycles. The van der Waals surface area contributed by atoms with E-state index in [-0.39, 0.29) is 6.61 Å². The molecule has 0 saturated carbocycles. The fourth-order valence-electron chi connectivity index (χ4n) is 1.94. The molecular formula is C12H15ClN2O2. The first kappa shape index (κ1) is 12.4. The molecule has 2 aromatic rings. The van der Waals surface area contributed by atoms with Gasteiger partial charge >= 0.3 is 0 Å². The van der Waals surface area contributed by atoms with Gasteiger partial charge in [-0.05, 0) is 17.7 Å². The number of aromatic nitrogens is 1. The molecule has 0 bridgehead atoms. The molecule has 0 aliphatic heterocycles. The zero-order valence-electron chi connectivity index (χ0n) is 9.31. The fourth-order valence-corrected chi connectivity index (χ4v) is 2.11. The molecule has 4 N–H and O–H groups in total. The standard InChI is InChI=1S/C12H15ClN2O2/c13-9-1-2-11-8(4-14)5-15(12(11)3-9)6-10(17)7-16/h1-3,5,10,16-17H,4,6-7,14H2. The van der Waals surface area contributed by atoms with Crippen LogP contribution in [0.2, 0.25) is 5.02 Å². The van der Waals surface area contributed by atoms with Crippen LogP contribution < -0.4 is 5.73 Å². The number of aliphatic hydroxyl groups excluding tert-OH is 2. The van der Waals surface area contributed by atoms with E-state index in [1.54, 1.807) is 0 Å². The summed E-state index contributed by atoms with van der Waals surface area (Å²) in [5.41, 5.74) is 7.60. The minimum Gasteiger partial charge on any atom is -0.394 e. The summed E-state index contributed by atoms with van der Waals surface area (Å²) in [7, 11) is 0. The molecule has 1 unspecified atom stereocenters. The van der Waals surface area contributed by atoms with Gasteiger partial charge in [0.1, 0.15) is 0 Å². The Kier molecular flexibility index (Phi) is 3.69. The van der Waals surface area contributed by atoms with Crippen molar-refractivity contribution in [3.05, 3.63) is 35.0 Å². The van der Waals surface area contributed by atoms with Crippen molar-refractivity contribution in [2.24, 2.45) is 5.73 Å². The molecule has 1 heterocycles. The number of fused-ring (bicyclic) bond motifs is 1. The molecular weight excluding hydrogens is 240 g/mol. The van der Waals surface area contributed by atoms with Crippen LogP contribution in [0.4, 0.5) is 0 Å². The monoisotopic (exact) mass is 254 g/mol. The average molecular weight is 255 g/mol. The van der Waals surface area contributed by atoms with Crippen molar-refractivity contribution in [2.45, 2.75) is 19.2 Å². The van der Waals surface area contributed by atoms with Crippen molar-refractivity contribution >= 4 is 22.5 Å². The molecule has 2 rings (SSSR count). The molecule has 0 saturated heterocycles. The van der Waals surface area contributed by atoms with Gasteiger partial charge in [0.15, 0.2) is 0 Å². The highest BCUT2D eigenvalue weighted by atomic mass is 35.5. The summed E-state index contributed by atoms with van der Waals surface area (Å²) in [5, 5.41) is 20.0. The first-order valence-electron chi connectivity index (χ1n) is 5.42. The summed E-state index contributed by atoms with van der Waals surface area (Å²) in [6.45, 7) is 0.492. The first-order valence-corrected chi connectivity index (χ1v) is 5.79. The smallest absolute Gasteiger partial charge is 0.0949 e. The molecule has 5 heteroatoms. The van der Waals surface area contributed by atoms with Crippen LogP contribution in [-0.4, -0.2) is 27.5 Å². The SMILES string of the molecule is NCc1cn(CC(O)CO)c2cc(Cl)ccc12. The lowest BCUT2D eigenvalue weighted by Crippen LogP contribution is -2.19. The van der Waals surface area contributed by atoms with E-state index < -0.39 is 6.10 Å². The van der Waals surface area contributed by atoms with Crippen molar-refractivity contribution in [1.82, 2.24) is 4.57 Å². The maximum absolute atomic E-state index is 9.49. The maximum Gasteiger partial charge on any atom is 0.0949 e. The fraction of sp³-hybridized carbons (Fsp3) is 0.333. The van der Waals surface area contributed by atoms with Crippen LogP contribution in [-0.2, 0) is 13.1 Å². The van der Waals surface area contributed by atoms with Gasteiger partial charge in [0.05, 0.1) is 19.3 Å². The van der Waals surface area contributed by atoms with Crippen LogP contribution in [0.1, 0.15) is 5.56 Å². The highest BCUT2D eigenvalue weighted by Crippen LogP contribution is 2.24. The zero-order chi connectivity index (χ0) is 12.4. The number of nitrogens with two attached hydrogens (primary N) is 1. The Morgan fingerprint density at radius 2 is 2.18 bits per heavy atom. The lowest BCUT2D eigenvalue weighted by molar-refractivity contribution is 0.0822. The molecule has 1 atom stereocenters. The summed E-state index contributed by atoms with van der Waals surface area (Å²) >= 11 is 5.96. The summed E-state index contributed by atoms with van der Waals surface area (Å²) in [5.74, 6) is 0. The highest BCUT2D eigenvalue weighted by Gasteiger charge is 2.10. The van der Waals surface area contributed by atoms with E-state index in [9.17, 15) is 5.11 Å². The van der Waals surface area contributed by atoms with Crippen molar-refractivity contribution in [2.75, 3.05) is 6.61 Å². The van der Waals surface area contributed by atoms with Crippen LogP contribution in [0.5, 0.6) is 0 Å². The third-order valence-electron chi connectivity index (χ3n) is 2.76. The summed E-state index contributed by atoms with van der Waals surface area (Å²) in [6, 6.07) is 5.57. The summed E-state index contributed by atoms with van der Waals surface area (Å²) < 4.78 is 1.87. The lowest BCUT2D eigenvalue weighted by Gasteiger charge is -2.09. The molecule has 0 spiro atoms. The number of aliphatic hydroxyl groups is 2. The average Bonchev–Trinajstić information content (AvgIpc) is 2.66. The predicted molar refractivity (Wildman–Crippen MR) is 67.9 cm³/mol. The zero-order valence-corrected chi connectivity index (χ0v) is 10.1. The van der Waals surface area contributed by atoms with Gasteiger partial charge in [0.2, 0.25) is 0 Å². The molecule has 4 nitrogen and oxygen atoms in total. The number of benzene rings is 1. The Hall–Kier alpha value is -1.07. The van der Waals surface area contributed by atoms with E-state index in [1.165, 1.54) is 0 Å². The third-order valence-corrected chi connectivity index (χ3v) is 3.00. The first-order chi connectivity index (χ1) is 8.15. The van der Waals surface area contributed by atoms with E-state index in [0.29, 0.717) is 18.1 Å². The van der Waals surface area contributed by atoms with Gasteiger partial charge in [-0.1, -0.05) is 17.7 Å². The topological polar surface area (TPSA) is 71.4 Å². The number of rotatable bonds is 4. The largest absolute Gasteiger partial charge is 0.394 e. The Bertz CT molecular complexity index is 524. The van der Waals surface area contributed by atoms with Crippen LogP contribution in [0.3, 0.4) is 0 Å². The second-order valence-electron chi connectivity index (χ2n) is 4.01. The quantitative estimate of drug-likeness (QED) is 0.765. The maximum atomic E-state index is 9.49. The van der Waals surface area contributed by atoms with Gasteiger partial charge < -0.3 is 20.5 Å². The van der Waals surface area contributed by atoms with Crippen molar-refractivity contribution in [3.8, 4) is 0 Å². The molecule has 1 aromatic heterocycles. The molecule has 0 aliphatic carbocycles. The molecule has 0 fully saturated rings. The van der Waals surface area contributed by atoms with E-state index in [1.807, 2.05) is 29.0 Å². The predicted octanol–water partition coefficient (Wildman–Crippen LogP) is 1.11. The molecule has 0 amide bonds. The lowest BCUT2D eigenvalue weighted by atomic mass is 10.2. The Balaban J connectivity index is 2.50. The van der Waals surface area contributed by atoms with E-state index >= 15 is 0 Å². The van der Waals surface area contributed by atoms with Crippen molar-refractivity contribution in [3.63, 3.8) is 0 Å². The summed E-state index contributed by atoms with van der Waals surface area (Å²) in [6.07, 6.45) is 1.11. The second kappa shape index (κ2) is 5.06. The van der Waals surface area contributed by atoms with Gasteiger partial charge in [-0.15, -0.1) is 0 Å². The third kappa shape index (κ3) is 2.45. The second-order valence-corrected chi connectivity index (χ2v) is 4.45. The number of hydrogen-bond donors (Lipinski definition) is 3. The molecule has 17 heavy (non-hydrogen) atoms. The van der Waals surface area contributed by atoms with Gasteiger partial charge in [-0.2, -0.15) is 0 Å². The Morgan fingerprint density at radius 1 is 1.41 bits per heavy atom. The van der Waals surface area contributed by atoms with Crippen LogP contribution in [0, 0.1) is 0 Å². The number of nitrogens with zero attached hydrogens (tertiary/aromatic N) is 1. The number of hydrogen-bond acceptors (Lipinski definition) is 3. The van der Waals surface area contributed by atoms with E-state index in [0.717, 1.165) is 16.5 Å². The molecule has 0 aliphatic rings. The van der Waals surface area contributed by atoms with Gasteiger partial charge in [-0.3, -0.25) is 0 Å². The van der Waals surface area contributed by atoms with Crippen molar-refractivity contribution in [1.29, 1.82) is 0 Å². The Morgan fingerprint density at radius 3 is 2.82 bits per heavy atom. The van der Waals surface area contributed by atoms with Crippen LogP contribution >= 0.6 is 11.6 Å². The van der Waals surface area contributed by atoms with Crippen molar-refractivity contribution < 1.29 is 10.2 Å². The van der Waals surface area contributed by atoms with E-state index in [2.05, 4.69) is 0 Å². The minimum atomic E-state index is -0.782. The summed E-state index contributed by atoms with van der Waals surface area (Å²) in [4.78, 5) is 0. The van der Waals surface area contributed by atoms with E-state index in [4.69, 9.17) is 22.4 Å².